The molecule has 1 amide bonds. The maximum Gasteiger partial charge on any atom is 0.227 e. The molecule has 1 aliphatic heterocycles. The smallest absolute Gasteiger partial charge is 0.227 e. The van der Waals surface area contributed by atoms with Gasteiger partial charge in [0, 0.05) is 11.0 Å². The maximum absolute atomic E-state index is 13.0. The average Bonchev–Trinajstić information content (AvgIpc) is 2.69. The van der Waals surface area contributed by atoms with Gasteiger partial charge in [-0.2, -0.15) is 0 Å². The SMILES string of the molecule is CCN(C(=O)Cc1cc2c(cc1Br)OCCO2)C(C)c1cccc(OC)c1. The van der Waals surface area contributed by atoms with Crippen molar-refractivity contribution < 1.29 is 19.0 Å². The molecule has 0 aromatic heterocycles. The molecule has 2 aromatic rings. The van der Waals surface area contributed by atoms with E-state index in [1.54, 1.807) is 7.11 Å². The van der Waals surface area contributed by atoms with E-state index in [0.29, 0.717) is 37.7 Å². The molecule has 5 nitrogen and oxygen atoms in total. The van der Waals surface area contributed by atoms with Gasteiger partial charge in [-0.05, 0) is 49.2 Å². The van der Waals surface area contributed by atoms with Crippen LogP contribution in [-0.4, -0.2) is 37.7 Å². The molecule has 27 heavy (non-hydrogen) atoms. The highest BCUT2D eigenvalue weighted by Crippen LogP contribution is 2.36. The van der Waals surface area contributed by atoms with E-state index >= 15 is 0 Å². The maximum atomic E-state index is 13.0. The zero-order chi connectivity index (χ0) is 19.4. The van der Waals surface area contributed by atoms with Crippen LogP contribution in [0.3, 0.4) is 0 Å². The minimum atomic E-state index is -0.0476. The number of nitrogens with zero attached hydrogens (tertiary/aromatic N) is 1. The summed E-state index contributed by atoms with van der Waals surface area (Å²) in [5.41, 5.74) is 1.94. The van der Waals surface area contributed by atoms with E-state index in [1.165, 1.54) is 0 Å². The number of carbonyl (C=O) groups is 1. The minimum Gasteiger partial charge on any atom is -0.497 e. The van der Waals surface area contributed by atoms with Gasteiger partial charge >= 0.3 is 0 Å². The third kappa shape index (κ3) is 4.38. The summed E-state index contributed by atoms with van der Waals surface area (Å²) in [6.07, 6.45) is 0.291. The second-order valence-electron chi connectivity index (χ2n) is 6.40. The first-order valence-electron chi connectivity index (χ1n) is 9.05. The van der Waals surface area contributed by atoms with Crippen molar-refractivity contribution in [3.63, 3.8) is 0 Å². The summed E-state index contributed by atoms with van der Waals surface area (Å²) in [4.78, 5) is 14.9. The van der Waals surface area contributed by atoms with Crippen LogP contribution in [0, 0.1) is 0 Å². The lowest BCUT2D eigenvalue weighted by atomic mass is 10.0. The Hall–Kier alpha value is -2.21. The van der Waals surface area contributed by atoms with Crippen molar-refractivity contribution in [2.75, 3.05) is 26.9 Å². The monoisotopic (exact) mass is 433 g/mol. The van der Waals surface area contributed by atoms with Gasteiger partial charge in [-0.1, -0.05) is 28.1 Å². The minimum absolute atomic E-state index is 0.0476. The van der Waals surface area contributed by atoms with Gasteiger partial charge in [0.15, 0.2) is 11.5 Å². The topological polar surface area (TPSA) is 48.0 Å². The quantitative estimate of drug-likeness (QED) is 0.677. The van der Waals surface area contributed by atoms with E-state index in [1.807, 2.05) is 55.1 Å². The van der Waals surface area contributed by atoms with Gasteiger partial charge in [-0.3, -0.25) is 4.79 Å². The highest BCUT2D eigenvalue weighted by molar-refractivity contribution is 9.10. The molecule has 3 rings (SSSR count). The predicted molar refractivity (Wildman–Crippen MR) is 108 cm³/mol. The number of benzene rings is 2. The molecule has 2 aromatic carbocycles. The molecule has 1 heterocycles. The Morgan fingerprint density at radius 2 is 1.93 bits per heavy atom. The molecule has 0 bridgehead atoms. The number of likely N-dealkylation sites (N-methyl/N-ethyl adjacent to an activating group) is 1. The van der Waals surface area contributed by atoms with Gasteiger partial charge < -0.3 is 19.1 Å². The summed E-state index contributed by atoms with van der Waals surface area (Å²) in [5, 5.41) is 0. The van der Waals surface area contributed by atoms with Crippen molar-refractivity contribution in [3.05, 3.63) is 52.0 Å². The van der Waals surface area contributed by atoms with E-state index in [2.05, 4.69) is 15.9 Å². The summed E-state index contributed by atoms with van der Waals surface area (Å²) < 4.78 is 17.4. The van der Waals surface area contributed by atoms with Crippen LogP contribution in [0.5, 0.6) is 17.2 Å². The van der Waals surface area contributed by atoms with Crippen molar-refractivity contribution >= 4 is 21.8 Å². The molecule has 6 heteroatoms. The van der Waals surface area contributed by atoms with E-state index in [4.69, 9.17) is 14.2 Å². The summed E-state index contributed by atoms with van der Waals surface area (Å²) in [5.74, 6) is 2.25. The van der Waals surface area contributed by atoms with Crippen LogP contribution in [0.2, 0.25) is 0 Å². The van der Waals surface area contributed by atoms with E-state index < -0.39 is 0 Å². The number of ether oxygens (including phenoxy) is 3. The van der Waals surface area contributed by atoms with Crippen LogP contribution in [0.4, 0.5) is 0 Å². The average molecular weight is 434 g/mol. The highest BCUT2D eigenvalue weighted by atomic mass is 79.9. The van der Waals surface area contributed by atoms with Crippen LogP contribution in [0.1, 0.15) is 31.0 Å². The zero-order valence-electron chi connectivity index (χ0n) is 15.8. The molecule has 0 saturated carbocycles. The lowest BCUT2D eigenvalue weighted by molar-refractivity contribution is -0.132. The summed E-state index contributed by atoms with van der Waals surface area (Å²) >= 11 is 3.55. The number of halogens is 1. The first-order chi connectivity index (χ1) is 13.0. The normalized spacial score (nSPS) is 13.8. The van der Waals surface area contributed by atoms with Crippen molar-refractivity contribution in [1.29, 1.82) is 0 Å². The summed E-state index contributed by atoms with van der Waals surface area (Å²) in [6, 6.07) is 11.6. The molecule has 0 fully saturated rings. The predicted octanol–water partition coefficient (Wildman–Crippen LogP) is 4.38. The van der Waals surface area contributed by atoms with Crippen LogP contribution in [-0.2, 0) is 11.2 Å². The largest absolute Gasteiger partial charge is 0.497 e. The Balaban J connectivity index is 1.79. The van der Waals surface area contributed by atoms with Crippen LogP contribution in [0.25, 0.3) is 0 Å². The van der Waals surface area contributed by atoms with Crippen LogP contribution < -0.4 is 14.2 Å². The Morgan fingerprint density at radius 3 is 2.59 bits per heavy atom. The van der Waals surface area contributed by atoms with Gasteiger partial charge in [0.2, 0.25) is 5.91 Å². The lowest BCUT2D eigenvalue weighted by Crippen LogP contribution is -2.34. The molecule has 0 radical (unpaired) electrons. The zero-order valence-corrected chi connectivity index (χ0v) is 17.4. The number of amides is 1. The Labute approximate surface area is 168 Å². The number of fused-ring (bicyclic) bond motifs is 1. The Kier molecular flexibility index (Phi) is 6.26. The van der Waals surface area contributed by atoms with Crippen molar-refractivity contribution in [2.24, 2.45) is 0 Å². The Morgan fingerprint density at radius 1 is 1.22 bits per heavy atom. The fraction of sp³-hybridized carbons (Fsp3) is 0.381. The van der Waals surface area contributed by atoms with Gasteiger partial charge in [-0.15, -0.1) is 0 Å². The second kappa shape index (κ2) is 8.65. The fourth-order valence-electron chi connectivity index (χ4n) is 3.25. The Bertz CT molecular complexity index is 824. The van der Waals surface area contributed by atoms with Crippen molar-refractivity contribution in [1.82, 2.24) is 4.90 Å². The number of rotatable bonds is 6. The standard InChI is InChI=1S/C21H24BrNO4/c1-4-23(14(2)15-6-5-7-17(10-15)25-3)21(24)12-16-11-19-20(13-18(16)22)27-9-8-26-19/h5-7,10-11,13-14H,4,8-9,12H2,1-3H3. The fourth-order valence-corrected chi connectivity index (χ4v) is 3.72. The van der Waals surface area contributed by atoms with Crippen LogP contribution in [0.15, 0.2) is 40.9 Å². The van der Waals surface area contributed by atoms with Crippen molar-refractivity contribution in [2.45, 2.75) is 26.3 Å². The molecule has 1 aliphatic rings. The number of carbonyl (C=O) groups excluding carboxylic acids is 1. The van der Waals surface area contributed by atoms with Gasteiger partial charge in [0.1, 0.15) is 19.0 Å². The molecule has 0 saturated heterocycles. The van der Waals surface area contributed by atoms with Crippen molar-refractivity contribution in [3.8, 4) is 17.2 Å². The number of hydrogen-bond acceptors (Lipinski definition) is 4. The van der Waals surface area contributed by atoms with E-state index in [0.717, 1.165) is 21.3 Å². The first kappa shape index (κ1) is 19.5. The van der Waals surface area contributed by atoms with Gasteiger partial charge in [0.25, 0.3) is 0 Å². The first-order valence-corrected chi connectivity index (χ1v) is 9.84. The summed E-state index contributed by atoms with van der Waals surface area (Å²) in [6.45, 7) is 5.72. The third-order valence-corrected chi connectivity index (χ3v) is 5.50. The number of hydrogen-bond donors (Lipinski definition) is 0. The number of methoxy groups -OCH3 is 1. The third-order valence-electron chi connectivity index (χ3n) is 4.76. The molecule has 144 valence electrons. The summed E-state index contributed by atoms with van der Waals surface area (Å²) in [7, 11) is 1.64. The molecule has 0 N–H and O–H groups in total. The van der Waals surface area contributed by atoms with E-state index in [9.17, 15) is 4.79 Å². The van der Waals surface area contributed by atoms with Gasteiger partial charge in [-0.25, -0.2) is 0 Å². The molecule has 1 unspecified atom stereocenters. The molecular formula is C21H24BrNO4. The van der Waals surface area contributed by atoms with Gasteiger partial charge in [0.05, 0.1) is 19.6 Å². The molecular weight excluding hydrogens is 410 g/mol. The molecule has 0 aliphatic carbocycles. The van der Waals surface area contributed by atoms with Crippen LogP contribution >= 0.6 is 15.9 Å². The van der Waals surface area contributed by atoms with E-state index in [-0.39, 0.29) is 11.9 Å². The highest BCUT2D eigenvalue weighted by Gasteiger charge is 2.23. The molecule has 0 spiro atoms. The lowest BCUT2D eigenvalue weighted by Gasteiger charge is -2.29. The molecule has 1 atom stereocenters. The second-order valence-corrected chi connectivity index (χ2v) is 7.25.